The van der Waals surface area contributed by atoms with Gasteiger partial charge in [-0.05, 0) is 24.1 Å². The minimum atomic E-state index is -4.63. The van der Waals surface area contributed by atoms with E-state index in [-0.39, 0.29) is 11.8 Å². The van der Waals surface area contributed by atoms with E-state index >= 15 is 0 Å². The third kappa shape index (κ3) is 2.62. The van der Waals surface area contributed by atoms with Crippen LogP contribution in [0.5, 0.6) is 5.75 Å². The maximum Gasteiger partial charge on any atom is 0.573 e. The average molecular weight is 217 g/mol. The van der Waals surface area contributed by atoms with Gasteiger partial charge in [0.15, 0.2) is 0 Å². The van der Waals surface area contributed by atoms with Crippen LogP contribution in [-0.4, -0.2) is 12.4 Å². The van der Waals surface area contributed by atoms with E-state index in [0.29, 0.717) is 5.92 Å². The first-order valence-electron chi connectivity index (χ1n) is 4.57. The molecule has 0 saturated heterocycles. The van der Waals surface area contributed by atoms with Gasteiger partial charge in [0, 0.05) is 12.0 Å². The summed E-state index contributed by atoms with van der Waals surface area (Å²) in [6.45, 7) is 0. The molecule has 0 radical (unpaired) electrons. The van der Waals surface area contributed by atoms with Gasteiger partial charge in [-0.25, -0.2) is 0 Å². The normalized spacial score (nSPS) is 25.1. The van der Waals surface area contributed by atoms with E-state index in [4.69, 9.17) is 5.73 Å². The van der Waals surface area contributed by atoms with Gasteiger partial charge in [-0.2, -0.15) is 0 Å². The van der Waals surface area contributed by atoms with Gasteiger partial charge in [0.1, 0.15) is 5.75 Å². The molecule has 2 nitrogen and oxygen atoms in total. The third-order valence-corrected chi connectivity index (χ3v) is 2.38. The highest BCUT2D eigenvalue weighted by molar-refractivity contribution is 5.33. The summed E-state index contributed by atoms with van der Waals surface area (Å²) in [6, 6.07) is 6.03. The van der Waals surface area contributed by atoms with Crippen LogP contribution >= 0.6 is 0 Å². The fourth-order valence-corrected chi connectivity index (χ4v) is 1.51. The first-order chi connectivity index (χ1) is 6.96. The van der Waals surface area contributed by atoms with E-state index in [2.05, 4.69) is 4.74 Å². The SMILES string of the molecule is N[C@@H]1C[C@@H]1c1ccc(OC(F)(F)F)cc1. The summed E-state index contributed by atoms with van der Waals surface area (Å²) >= 11 is 0. The highest BCUT2D eigenvalue weighted by Gasteiger charge is 2.35. The van der Waals surface area contributed by atoms with Crippen LogP contribution in [0.25, 0.3) is 0 Å². The van der Waals surface area contributed by atoms with E-state index in [9.17, 15) is 13.2 Å². The topological polar surface area (TPSA) is 35.2 Å². The van der Waals surface area contributed by atoms with Crippen LogP contribution in [0.1, 0.15) is 17.9 Å². The van der Waals surface area contributed by atoms with Crippen molar-refractivity contribution in [2.24, 2.45) is 5.73 Å². The molecular weight excluding hydrogens is 207 g/mol. The van der Waals surface area contributed by atoms with Crippen molar-refractivity contribution in [3.63, 3.8) is 0 Å². The van der Waals surface area contributed by atoms with Crippen molar-refractivity contribution in [1.82, 2.24) is 0 Å². The molecule has 0 bridgehead atoms. The number of ether oxygens (including phenoxy) is 1. The summed E-state index contributed by atoms with van der Waals surface area (Å²) in [4.78, 5) is 0. The van der Waals surface area contributed by atoms with Crippen molar-refractivity contribution in [2.75, 3.05) is 0 Å². The number of hydrogen-bond donors (Lipinski definition) is 1. The molecule has 0 heterocycles. The molecule has 1 aromatic rings. The summed E-state index contributed by atoms with van der Waals surface area (Å²) in [5, 5.41) is 0. The zero-order chi connectivity index (χ0) is 11.1. The van der Waals surface area contributed by atoms with Gasteiger partial charge < -0.3 is 10.5 Å². The lowest BCUT2D eigenvalue weighted by molar-refractivity contribution is -0.274. The zero-order valence-electron chi connectivity index (χ0n) is 7.79. The van der Waals surface area contributed by atoms with Crippen molar-refractivity contribution in [3.05, 3.63) is 29.8 Å². The van der Waals surface area contributed by atoms with E-state index < -0.39 is 6.36 Å². The van der Waals surface area contributed by atoms with Gasteiger partial charge in [0.2, 0.25) is 0 Å². The minimum absolute atomic E-state index is 0.152. The molecule has 0 unspecified atom stereocenters. The first-order valence-corrected chi connectivity index (χ1v) is 4.57. The van der Waals surface area contributed by atoms with Crippen LogP contribution in [0.15, 0.2) is 24.3 Å². The Morgan fingerprint density at radius 3 is 2.13 bits per heavy atom. The predicted molar refractivity (Wildman–Crippen MR) is 48.5 cm³/mol. The third-order valence-electron chi connectivity index (χ3n) is 2.38. The van der Waals surface area contributed by atoms with Gasteiger partial charge in [-0.15, -0.1) is 13.2 Å². The molecule has 1 aromatic carbocycles. The second-order valence-electron chi connectivity index (χ2n) is 3.62. The summed E-state index contributed by atoms with van der Waals surface area (Å²) in [6.07, 6.45) is -3.73. The van der Waals surface area contributed by atoms with Gasteiger partial charge in [-0.3, -0.25) is 0 Å². The molecule has 1 aliphatic rings. The second-order valence-corrected chi connectivity index (χ2v) is 3.62. The molecule has 0 aliphatic heterocycles. The van der Waals surface area contributed by atoms with Crippen molar-refractivity contribution in [1.29, 1.82) is 0 Å². The molecule has 82 valence electrons. The Labute approximate surface area is 84.8 Å². The number of halogens is 3. The van der Waals surface area contributed by atoms with E-state index in [0.717, 1.165) is 12.0 Å². The maximum atomic E-state index is 11.8. The summed E-state index contributed by atoms with van der Waals surface area (Å²) in [7, 11) is 0. The molecule has 2 atom stereocenters. The first kappa shape index (κ1) is 10.3. The molecule has 1 aliphatic carbocycles. The van der Waals surface area contributed by atoms with Crippen LogP contribution in [0, 0.1) is 0 Å². The molecule has 1 saturated carbocycles. The van der Waals surface area contributed by atoms with E-state index in [1.807, 2.05) is 0 Å². The van der Waals surface area contributed by atoms with Crippen LogP contribution < -0.4 is 10.5 Å². The molecule has 5 heteroatoms. The maximum absolute atomic E-state index is 11.8. The van der Waals surface area contributed by atoms with Gasteiger partial charge >= 0.3 is 6.36 Å². The average Bonchev–Trinajstić information content (AvgIpc) is 2.81. The Hall–Kier alpha value is -1.23. The lowest BCUT2D eigenvalue weighted by Gasteiger charge is -2.08. The van der Waals surface area contributed by atoms with Crippen LogP contribution in [0.2, 0.25) is 0 Å². The highest BCUT2D eigenvalue weighted by Crippen LogP contribution is 2.39. The molecule has 15 heavy (non-hydrogen) atoms. The van der Waals surface area contributed by atoms with E-state index in [1.54, 1.807) is 12.1 Å². The molecule has 0 aromatic heterocycles. The van der Waals surface area contributed by atoms with Crippen molar-refractivity contribution in [2.45, 2.75) is 24.7 Å². The fraction of sp³-hybridized carbons (Fsp3) is 0.400. The Morgan fingerprint density at radius 1 is 1.20 bits per heavy atom. The highest BCUT2D eigenvalue weighted by atomic mass is 19.4. The number of rotatable bonds is 2. The number of benzene rings is 1. The lowest BCUT2D eigenvalue weighted by atomic mass is 10.1. The smallest absolute Gasteiger partial charge is 0.406 e. The van der Waals surface area contributed by atoms with E-state index in [1.165, 1.54) is 12.1 Å². The standard InChI is InChI=1S/C10H10F3NO/c11-10(12,13)15-7-3-1-6(2-4-7)8-5-9(8)14/h1-4,8-9H,5,14H2/t8-,9-/m1/s1. The van der Waals surface area contributed by atoms with Gasteiger partial charge in [-0.1, -0.05) is 12.1 Å². The molecule has 2 N–H and O–H groups in total. The van der Waals surface area contributed by atoms with Gasteiger partial charge in [0.25, 0.3) is 0 Å². The van der Waals surface area contributed by atoms with Crippen LogP contribution in [0.3, 0.4) is 0 Å². The molecule has 2 rings (SSSR count). The molecular formula is C10H10F3NO. The molecule has 0 spiro atoms. The quantitative estimate of drug-likeness (QED) is 0.825. The Morgan fingerprint density at radius 2 is 1.73 bits per heavy atom. The Bertz CT molecular complexity index is 347. The number of nitrogens with two attached hydrogens (primary N) is 1. The second kappa shape index (κ2) is 3.41. The number of hydrogen-bond acceptors (Lipinski definition) is 2. The summed E-state index contributed by atoms with van der Waals surface area (Å²) in [5.74, 6) is 0.102. The largest absolute Gasteiger partial charge is 0.573 e. The Balaban J connectivity index is 2.04. The van der Waals surface area contributed by atoms with Crippen LogP contribution in [-0.2, 0) is 0 Å². The lowest BCUT2D eigenvalue weighted by Crippen LogP contribution is -2.17. The van der Waals surface area contributed by atoms with Crippen LogP contribution in [0.4, 0.5) is 13.2 Å². The predicted octanol–water partition coefficient (Wildman–Crippen LogP) is 2.40. The van der Waals surface area contributed by atoms with Crippen molar-refractivity contribution < 1.29 is 17.9 Å². The summed E-state index contributed by atoms with van der Waals surface area (Å²) in [5.41, 5.74) is 6.60. The molecule has 1 fully saturated rings. The zero-order valence-corrected chi connectivity index (χ0v) is 7.79. The van der Waals surface area contributed by atoms with Crippen molar-refractivity contribution in [3.8, 4) is 5.75 Å². The van der Waals surface area contributed by atoms with Crippen molar-refractivity contribution >= 4 is 0 Å². The number of alkyl halides is 3. The molecule has 0 amide bonds. The Kier molecular flexibility index (Phi) is 2.34. The fourth-order valence-electron chi connectivity index (χ4n) is 1.51. The minimum Gasteiger partial charge on any atom is -0.406 e. The van der Waals surface area contributed by atoms with Gasteiger partial charge in [0.05, 0.1) is 0 Å². The summed E-state index contributed by atoms with van der Waals surface area (Å²) < 4.78 is 39.3. The monoisotopic (exact) mass is 217 g/mol.